The van der Waals surface area contributed by atoms with Gasteiger partial charge in [-0.1, -0.05) is 19.9 Å². The van der Waals surface area contributed by atoms with Gasteiger partial charge in [0.05, 0.1) is 11.3 Å². The number of allylic oxidation sites excluding steroid dienone is 2. The van der Waals surface area contributed by atoms with Crippen LogP contribution in [0.2, 0.25) is 0 Å². The highest BCUT2D eigenvalue weighted by Crippen LogP contribution is 2.37. The van der Waals surface area contributed by atoms with E-state index < -0.39 is 5.41 Å². The molecule has 6 N–H and O–H groups in total. The van der Waals surface area contributed by atoms with E-state index in [1.54, 1.807) is 18.6 Å². The number of anilines is 1. The molecule has 30 heavy (non-hydrogen) atoms. The summed E-state index contributed by atoms with van der Waals surface area (Å²) in [7, 11) is 0. The van der Waals surface area contributed by atoms with Crippen molar-refractivity contribution in [3.8, 4) is 11.3 Å². The van der Waals surface area contributed by atoms with E-state index in [0.29, 0.717) is 11.4 Å². The lowest BCUT2D eigenvalue weighted by Gasteiger charge is -2.34. The molecule has 0 aliphatic carbocycles. The fourth-order valence-corrected chi connectivity index (χ4v) is 3.21. The average molecular weight is 403 g/mol. The molecule has 1 atom stereocenters. The molecule has 0 radical (unpaired) electrons. The molecule has 0 saturated carbocycles. The van der Waals surface area contributed by atoms with Crippen LogP contribution in [-0.4, -0.2) is 25.6 Å². The van der Waals surface area contributed by atoms with Gasteiger partial charge in [-0.3, -0.25) is 15.4 Å². The second-order valence-electron chi connectivity index (χ2n) is 7.86. The molecular formula is C23H28N7+. The van der Waals surface area contributed by atoms with Crippen molar-refractivity contribution >= 4 is 11.7 Å². The Morgan fingerprint density at radius 2 is 1.70 bits per heavy atom. The van der Waals surface area contributed by atoms with E-state index in [1.807, 2.05) is 43.5 Å². The predicted octanol–water partition coefficient (Wildman–Crippen LogP) is 1.83. The number of rotatable bonds is 6. The van der Waals surface area contributed by atoms with E-state index >= 15 is 0 Å². The van der Waals surface area contributed by atoms with Gasteiger partial charge < -0.3 is 11.5 Å². The molecule has 0 aromatic carbocycles. The molecular weight excluding hydrogens is 374 g/mol. The first-order valence-corrected chi connectivity index (χ1v) is 9.79. The summed E-state index contributed by atoms with van der Waals surface area (Å²) in [6.45, 7) is 8.30. The SMILES string of the molecule is Cc1ccc(C(=[NH2+])/C=C(\N)C(C)(c2ccc(-c3cnc(N)nc3)nc2)C(C)C)cn1. The number of nitrogens with two attached hydrogens (primary N) is 3. The van der Waals surface area contributed by atoms with Crippen molar-refractivity contribution in [1.29, 1.82) is 0 Å². The van der Waals surface area contributed by atoms with Crippen molar-refractivity contribution < 1.29 is 5.41 Å². The maximum atomic E-state index is 6.60. The minimum Gasteiger partial charge on any atom is -0.401 e. The molecule has 3 aromatic rings. The van der Waals surface area contributed by atoms with E-state index in [4.69, 9.17) is 16.9 Å². The van der Waals surface area contributed by atoms with E-state index in [9.17, 15) is 0 Å². The zero-order chi connectivity index (χ0) is 21.9. The van der Waals surface area contributed by atoms with E-state index in [2.05, 4.69) is 40.7 Å². The molecule has 7 nitrogen and oxygen atoms in total. The van der Waals surface area contributed by atoms with Gasteiger partial charge in [0.2, 0.25) is 11.7 Å². The maximum Gasteiger partial charge on any atom is 0.219 e. The third kappa shape index (κ3) is 4.20. The molecule has 1 unspecified atom stereocenters. The molecule has 0 spiro atoms. The van der Waals surface area contributed by atoms with Crippen LogP contribution in [0.25, 0.3) is 11.3 Å². The lowest BCUT2D eigenvalue weighted by Crippen LogP contribution is -2.42. The van der Waals surface area contributed by atoms with Crippen LogP contribution in [0.1, 0.15) is 37.6 Å². The molecule has 0 aliphatic rings. The summed E-state index contributed by atoms with van der Waals surface area (Å²) in [6.07, 6.45) is 8.74. The predicted molar refractivity (Wildman–Crippen MR) is 119 cm³/mol. The summed E-state index contributed by atoms with van der Waals surface area (Å²) in [6, 6.07) is 7.84. The smallest absolute Gasteiger partial charge is 0.219 e. The summed E-state index contributed by atoms with van der Waals surface area (Å²) in [4.78, 5) is 17.0. The molecule has 0 aliphatic heterocycles. The number of aryl methyl sites for hydroxylation is 1. The first kappa shape index (κ1) is 21.1. The number of hydrogen-bond donors (Lipinski definition) is 3. The van der Waals surface area contributed by atoms with Crippen LogP contribution in [0, 0.1) is 12.8 Å². The number of nitrogen functional groups attached to an aromatic ring is 1. The molecule has 3 rings (SSSR count). The summed E-state index contributed by atoms with van der Waals surface area (Å²) < 4.78 is 0. The highest BCUT2D eigenvalue weighted by atomic mass is 15.0. The zero-order valence-electron chi connectivity index (χ0n) is 17.8. The van der Waals surface area contributed by atoms with Crippen molar-refractivity contribution in [2.75, 3.05) is 5.73 Å². The Kier molecular flexibility index (Phi) is 5.91. The van der Waals surface area contributed by atoms with Gasteiger partial charge in [0.25, 0.3) is 0 Å². The van der Waals surface area contributed by atoms with Gasteiger partial charge in [0.1, 0.15) is 0 Å². The third-order valence-corrected chi connectivity index (χ3v) is 5.64. The lowest BCUT2D eigenvalue weighted by atomic mass is 9.71. The van der Waals surface area contributed by atoms with Gasteiger partial charge in [-0.15, -0.1) is 0 Å². The Labute approximate surface area is 176 Å². The first-order valence-electron chi connectivity index (χ1n) is 9.79. The monoisotopic (exact) mass is 402 g/mol. The van der Waals surface area contributed by atoms with Gasteiger partial charge in [0.15, 0.2) is 0 Å². The zero-order valence-corrected chi connectivity index (χ0v) is 17.8. The fraction of sp³-hybridized carbons (Fsp3) is 0.261. The van der Waals surface area contributed by atoms with E-state index in [-0.39, 0.29) is 11.9 Å². The van der Waals surface area contributed by atoms with Crippen LogP contribution in [0.15, 0.2) is 60.8 Å². The van der Waals surface area contributed by atoms with Crippen LogP contribution < -0.4 is 16.9 Å². The second kappa shape index (κ2) is 8.41. The Bertz CT molecular complexity index is 1050. The van der Waals surface area contributed by atoms with Crippen molar-refractivity contribution in [3.63, 3.8) is 0 Å². The Balaban J connectivity index is 1.93. The highest BCUT2D eigenvalue weighted by molar-refractivity contribution is 6.04. The number of nitrogens with zero attached hydrogens (tertiary/aromatic N) is 4. The number of pyridine rings is 2. The lowest BCUT2D eigenvalue weighted by molar-refractivity contribution is -0.111. The first-order chi connectivity index (χ1) is 14.2. The molecule has 3 heterocycles. The molecule has 7 heteroatoms. The maximum absolute atomic E-state index is 6.60. The second-order valence-corrected chi connectivity index (χ2v) is 7.86. The van der Waals surface area contributed by atoms with Gasteiger partial charge in [-0.05, 0) is 43.5 Å². The number of hydrogen-bond acceptors (Lipinski definition) is 6. The van der Waals surface area contributed by atoms with Gasteiger partial charge in [0, 0.05) is 53.2 Å². The van der Waals surface area contributed by atoms with Crippen molar-refractivity contribution in [2.45, 2.75) is 33.1 Å². The van der Waals surface area contributed by atoms with Crippen molar-refractivity contribution in [1.82, 2.24) is 19.9 Å². The summed E-state index contributed by atoms with van der Waals surface area (Å²) in [5.41, 5.74) is 17.3. The average Bonchev–Trinajstić information content (AvgIpc) is 2.74. The third-order valence-electron chi connectivity index (χ3n) is 5.64. The fourth-order valence-electron chi connectivity index (χ4n) is 3.21. The van der Waals surface area contributed by atoms with Gasteiger partial charge in [-0.2, -0.15) is 0 Å². The summed E-state index contributed by atoms with van der Waals surface area (Å²) in [5, 5.41) is 6.31. The largest absolute Gasteiger partial charge is 0.401 e. The van der Waals surface area contributed by atoms with Crippen LogP contribution in [0.5, 0.6) is 0 Å². The number of aromatic nitrogens is 4. The molecule has 0 amide bonds. The Morgan fingerprint density at radius 3 is 2.23 bits per heavy atom. The standard InChI is InChI=1S/C23H27N7/c1-14(2)23(4,21(25)9-19(24)16-6-5-15(3)27-10-16)18-7-8-20(28-13-18)17-11-29-22(26)30-12-17/h5-14,24H,25H2,1-4H3,(H2,26,29,30)/p+1/b21-9-,24-19?. The molecule has 3 aromatic heterocycles. The summed E-state index contributed by atoms with van der Waals surface area (Å²) >= 11 is 0. The van der Waals surface area contributed by atoms with Crippen LogP contribution in [-0.2, 0) is 5.41 Å². The molecule has 154 valence electrons. The van der Waals surface area contributed by atoms with E-state index in [1.165, 1.54) is 0 Å². The minimum atomic E-state index is -0.452. The quantitative estimate of drug-likeness (QED) is 0.539. The van der Waals surface area contributed by atoms with Crippen LogP contribution >= 0.6 is 0 Å². The van der Waals surface area contributed by atoms with Crippen molar-refractivity contribution in [2.24, 2.45) is 11.7 Å². The van der Waals surface area contributed by atoms with Crippen LogP contribution in [0.3, 0.4) is 0 Å². The van der Waals surface area contributed by atoms with Gasteiger partial charge in [-0.25, -0.2) is 9.97 Å². The van der Waals surface area contributed by atoms with Crippen LogP contribution in [0.4, 0.5) is 5.95 Å². The Hall–Kier alpha value is -3.61. The Morgan fingerprint density at radius 1 is 1.00 bits per heavy atom. The highest BCUT2D eigenvalue weighted by Gasteiger charge is 2.34. The molecule has 0 saturated heterocycles. The summed E-state index contributed by atoms with van der Waals surface area (Å²) in [5.74, 6) is 0.448. The molecule has 0 fully saturated rings. The minimum absolute atomic E-state index is 0.213. The molecule has 0 bridgehead atoms. The normalized spacial score (nSPS) is 13.8. The topological polar surface area (TPSA) is 129 Å². The van der Waals surface area contributed by atoms with E-state index in [0.717, 1.165) is 28.1 Å². The van der Waals surface area contributed by atoms with Gasteiger partial charge >= 0.3 is 0 Å². The van der Waals surface area contributed by atoms with Crippen molar-refractivity contribution in [3.05, 3.63) is 77.6 Å².